The molecule has 5 nitrogen and oxygen atoms in total. The fourth-order valence-corrected chi connectivity index (χ4v) is 8.00. The van der Waals surface area contributed by atoms with E-state index in [0.29, 0.717) is 12.8 Å². The molecule has 0 heterocycles. The molecule has 0 aromatic carbocycles. The van der Waals surface area contributed by atoms with Crippen molar-refractivity contribution in [3.63, 3.8) is 0 Å². The Kier molecular flexibility index (Phi) is 49.3. The second kappa shape index (κ2) is 50.7. The van der Waals surface area contributed by atoms with Gasteiger partial charge in [0.25, 0.3) is 0 Å². The molecule has 0 saturated heterocycles. The number of ether oxygens (including phenoxy) is 2. The number of allylic oxidation sites excluding steroid dienone is 4. The van der Waals surface area contributed by atoms with E-state index >= 15 is 0 Å². The lowest BCUT2D eigenvalue weighted by atomic mass is 10.0. The van der Waals surface area contributed by atoms with Crippen molar-refractivity contribution in [1.29, 1.82) is 0 Å². The minimum absolute atomic E-state index is 0.0621. The van der Waals surface area contributed by atoms with Crippen molar-refractivity contribution in [2.75, 3.05) is 13.2 Å². The number of aliphatic hydroxyl groups excluding tert-OH is 1. The molecule has 0 fully saturated rings. The quantitative estimate of drug-likeness (QED) is 0.0376. The van der Waals surface area contributed by atoms with Gasteiger partial charge in [0.15, 0.2) is 6.10 Å². The topological polar surface area (TPSA) is 72.8 Å². The molecule has 0 aliphatic heterocycles. The summed E-state index contributed by atoms with van der Waals surface area (Å²) in [7, 11) is 0. The van der Waals surface area contributed by atoms with Crippen LogP contribution in [-0.4, -0.2) is 36.4 Å². The van der Waals surface area contributed by atoms with Crippen LogP contribution in [0.1, 0.15) is 290 Å². The molecule has 0 amide bonds. The molecule has 1 atom stereocenters. The third-order valence-corrected chi connectivity index (χ3v) is 12.0. The van der Waals surface area contributed by atoms with Crippen molar-refractivity contribution >= 4 is 11.9 Å². The van der Waals surface area contributed by atoms with Crippen LogP contribution in [0.15, 0.2) is 24.3 Å². The highest BCUT2D eigenvalue weighted by Gasteiger charge is 2.16. The fraction of sp³-hybridized carbons (Fsp3) is 0.889. The first-order chi connectivity index (χ1) is 29.1. The summed E-state index contributed by atoms with van der Waals surface area (Å²) in [5.74, 6) is -0.579. The number of carbonyl (C=O) groups excluding carboxylic acids is 2. The lowest BCUT2D eigenvalue weighted by Crippen LogP contribution is -2.28. The normalized spacial score (nSPS) is 12.3. The number of esters is 2. The maximum atomic E-state index is 12.3. The standard InChI is InChI=1S/C54H102O5/c1-3-5-7-9-11-13-15-17-19-21-23-24-25-26-27-28-29-31-32-34-36-38-40-42-44-46-48-53(56)58-51-52(50-55)59-54(57)49-47-45-43-41-39-37-35-33-30-22-20-18-16-14-12-10-8-6-4-2/h12,14,18,20,52,55H,3-11,13,15-17,19,21-51H2,1-2H3/b14-12-,20-18-. The molecule has 0 radical (unpaired) electrons. The first kappa shape index (κ1) is 57.4. The maximum Gasteiger partial charge on any atom is 0.306 e. The molecule has 0 aromatic rings. The molecular weight excluding hydrogens is 729 g/mol. The van der Waals surface area contributed by atoms with Crippen LogP contribution in [0.5, 0.6) is 0 Å². The van der Waals surface area contributed by atoms with E-state index in [-0.39, 0.29) is 25.2 Å². The van der Waals surface area contributed by atoms with E-state index < -0.39 is 6.10 Å². The zero-order valence-electron chi connectivity index (χ0n) is 39.8. The number of rotatable bonds is 49. The van der Waals surface area contributed by atoms with Crippen molar-refractivity contribution in [2.45, 2.75) is 296 Å². The van der Waals surface area contributed by atoms with Crippen LogP contribution in [0.4, 0.5) is 0 Å². The van der Waals surface area contributed by atoms with Crippen LogP contribution in [0.2, 0.25) is 0 Å². The molecular formula is C54H102O5. The highest BCUT2D eigenvalue weighted by Crippen LogP contribution is 2.17. The molecule has 5 heteroatoms. The van der Waals surface area contributed by atoms with Crippen LogP contribution in [-0.2, 0) is 19.1 Å². The van der Waals surface area contributed by atoms with Gasteiger partial charge in [-0.15, -0.1) is 0 Å². The summed E-state index contributed by atoms with van der Waals surface area (Å²) < 4.78 is 10.7. The molecule has 0 saturated carbocycles. The number of unbranched alkanes of at least 4 members (excludes halogenated alkanes) is 37. The summed E-state index contributed by atoms with van der Waals surface area (Å²) in [5, 5.41) is 9.63. The number of carbonyl (C=O) groups is 2. The highest BCUT2D eigenvalue weighted by molar-refractivity contribution is 5.70. The average Bonchev–Trinajstić information content (AvgIpc) is 3.24. The fourth-order valence-electron chi connectivity index (χ4n) is 8.00. The Morgan fingerprint density at radius 1 is 0.390 bits per heavy atom. The predicted octanol–water partition coefficient (Wildman–Crippen LogP) is 17.4. The minimum atomic E-state index is -0.770. The molecule has 1 unspecified atom stereocenters. The Morgan fingerprint density at radius 2 is 0.678 bits per heavy atom. The van der Waals surface area contributed by atoms with Gasteiger partial charge in [-0.1, -0.05) is 256 Å². The van der Waals surface area contributed by atoms with Gasteiger partial charge in [0.05, 0.1) is 6.61 Å². The molecule has 0 aliphatic rings. The van der Waals surface area contributed by atoms with E-state index in [4.69, 9.17) is 9.47 Å². The van der Waals surface area contributed by atoms with Gasteiger partial charge in [0, 0.05) is 12.8 Å². The average molecular weight is 831 g/mol. The Labute approximate surface area is 368 Å². The lowest BCUT2D eigenvalue weighted by Gasteiger charge is -2.15. The molecule has 59 heavy (non-hydrogen) atoms. The van der Waals surface area contributed by atoms with Crippen LogP contribution in [0, 0.1) is 0 Å². The van der Waals surface area contributed by atoms with Gasteiger partial charge in [-0.25, -0.2) is 0 Å². The summed E-state index contributed by atoms with van der Waals surface area (Å²) in [6.45, 7) is 4.16. The van der Waals surface area contributed by atoms with Crippen molar-refractivity contribution in [1.82, 2.24) is 0 Å². The lowest BCUT2D eigenvalue weighted by molar-refractivity contribution is -0.161. The van der Waals surface area contributed by atoms with Crippen LogP contribution in [0.3, 0.4) is 0 Å². The minimum Gasteiger partial charge on any atom is -0.462 e. The maximum absolute atomic E-state index is 12.3. The third-order valence-electron chi connectivity index (χ3n) is 12.0. The van der Waals surface area contributed by atoms with Crippen molar-refractivity contribution in [3.8, 4) is 0 Å². The Bertz CT molecular complexity index is 897. The first-order valence-corrected chi connectivity index (χ1v) is 26.4. The zero-order valence-corrected chi connectivity index (χ0v) is 39.8. The van der Waals surface area contributed by atoms with E-state index in [1.807, 2.05) is 0 Å². The monoisotopic (exact) mass is 831 g/mol. The summed E-state index contributed by atoms with van der Waals surface area (Å²) >= 11 is 0. The van der Waals surface area contributed by atoms with Crippen molar-refractivity contribution < 1.29 is 24.2 Å². The van der Waals surface area contributed by atoms with Gasteiger partial charge >= 0.3 is 11.9 Å². The Morgan fingerprint density at radius 3 is 1.03 bits per heavy atom. The van der Waals surface area contributed by atoms with Crippen molar-refractivity contribution in [2.24, 2.45) is 0 Å². The smallest absolute Gasteiger partial charge is 0.306 e. The second-order valence-electron chi connectivity index (χ2n) is 18.0. The van der Waals surface area contributed by atoms with E-state index in [9.17, 15) is 14.7 Å². The largest absolute Gasteiger partial charge is 0.462 e. The molecule has 0 aliphatic carbocycles. The highest BCUT2D eigenvalue weighted by atomic mass is 16.6. The van der Waals surface area contributed by atoms with E-state index in [2.05, 4.69) is 38.2 Å². The molecule has 0 bridgehead atoms. The second-order valence-corrected chi connectivity index (χ2v) is 18.0. The zero-order chi connectivity index (χ0) is 42.8. The molecule has 0 aromatic heterocycles. The van der Waals surface area contributed by atoms with E-state index in [1.54, 1.807) is 0 Å². The van der Waals surface area contributed by atoms with Gasteiger partial charge < -0.3 is 14.6 Å². The number of aliphatic hydroxyl groups is 1. The molecule has 0 rings (SSSR count). The third kappa shape index (κ3) is 48.9. The van der Waals surface area contributed by atoms with Gasteiger partial charge in [-0.05, 0) is 44.9 Å². The summed E-state index contributed by atoms with van der Waals surface area (Å²) in [5.41, 5.74) is 0. The SMILES string of the molecule is CCCCC/C=C\C/C=C\CCCCCCCCCCCC(=O)OC(CO)COC(=O)CCCCCCCCCCCCCCCCCCCCCCCCCCCC. The Hall–Kier alpha value is -1.62. The van der Waals surface area contributed by atoms with Crippen molar-refractivity contribution in [3.05, 3.63) is 24.3 Å². The number of hydrogen-bond donors (Lipinski definition) is 1. The Balaban J connectivity index is 3.43. The molecule has 0 spiro atoms. The van der Waals surface area contributed by atoms with Gasteiger partial charge in [0.2, 0.25) is 0 Å². The number of hydrogen-bond acceptors (Lipinski definition) is 5. The van der Waals surface area contributed by atoms with Crippen LogP contribution in [0.25, 0.3) is 0 Å². The summed E-state index contributed by atoms with van der Waals surface area (Å²) in [6, 6.07) is 0. The van der Waals surface area contributed by atoms with Crippen LogP contribution < -0.4 is 0 Å². The first-order valence-electron chi connectivity index (χ1n) is 26.4. The summed E-state index contributed by atoms with van der Waals surface area (Å²) in [4.78, 5) is 24.5. The molecule has 348 valence electrons. The van der Waals surface area contributed by atoms with Gasteiger partial charge in [-0.2, -0.15) is 0 Å². The molecule has 1 N–H and O–H groups in total. The van der Waals surface area contributed by atoms with Gasteiger partial charge in [0.1, 0.15) is 6.61 Å². The van der Waals surface area contributed by atoms with E-state index in [0.717, 1.165) is 38.5 Å². The summed E-state index contributed by atoms with van der Waals surface area (Å²) in [6.07, 6.45) is 62.8. The van der Waals surface area contributed by atoms with Gasteiger partial charge in [-0.3, -0.25) is 9.59 Å². The predicted molar refractivity (Wildman–Crippen MR) is 256 cm³/mol. The van der Waals surface area contributed by atoms with E-state index in [1.165, 1.54) is 225 Å². The van der Waals surface area contributed by atoms with Crippen LogP contribution >= 0.6 is 0 Å².